The average molecular weight is 368 g/mol. The van der Waals surface area contributed by atoms with Crippen LogP contribution in [0.25, 0.3) is 0 Å². The molecule has 1 aromatic carbocycles. The number of alkyl halides is 2. The Morgan fingerprint density at radius 2 is 1.96 bits per heavy atom. The van der Waals surface area contributed by atoms with E-state index in [0.29, 0.717) is 5.16 Å². The minimum absolute atomic E-state index is 0.0782. The molecule has 6 nitrogen and oxygen atoms in total. The predicted octanol–water partition coefficient (Wildman–Crippen LogP) is 3.47. The Labute approximate surface area is 148 Å². The summed E-state index contributed by atoms with van der Waals surface area (Å²) < 4.78 is 30.6. The highest BCUT2D eigenvalue weighted by Gasteiger charge is 2.22. The molecule has 25 heavy (non-hydrogen) atoms. The second kappa shape index (κ2) is 7.73. The molecule has 0 atom stereocenters. The van der Waals surface area contributed by atoms with E-state index in [0.717, 1.165) is 0 Å². The second-order valence-corrected chi connectivity index (χ2v) is 6.82. The van der Waals surface area contributed by atoms with Crippen LogP contribution in [0.5, 0.6) is 5.75 Å². The van der Waals surface area contributed by atoms with Gasteiger partial charge in [0.1, 0.15) is 17.7 Å². The summed E-state index contributed by atoms with van der Waals surface area (Å²) in [5, 5.41) is 8.39. The van der Waals surface area contributed by atoms with Crippen molar-refractivity contribution in [1.29, 1.82) is 0 Å². The molecule has 0 aliphatic carbocycles. The van der Waals surface area contributed by atoms with Crippen LogP contribution in [0.2, 0.25) is 0 Å². The minimum Gasteiger partial charge on any atom is -0.433 e. The van der Waals surface area contributed by atoms with Crippen molar-refractivity contribution < 1.29 is 13.5 Å². The van der Waals surface area contributed by atoms with Crippen LogP contribution in [0.4, 0.5) is 14.5 Å². The summed E-state index contributed by atoms with van der Waals surface area (Å²) in [7, 11) is 0. The molecule has 0 unspecified atom stereocenters. The number of aliphatic imine (C=N–C) groups is 1. The van der Waals surface area contributed by atoms with Crippen molar-refractivity contribution in [3.05, 3.63) is 40.3 Å². The lowest BCUT2D eigenvalue weighted by atomic mass is 9.93. The van der Waals surface area contributed by atoms with Crippen LogP contribution in [0.3, 0.4) is 0 Å². The van der Waals surface area contributed by atoms with E-state index in [2.05, 4.69) is 19.9 Å². The predicted molar refractivity (Wildman–Crippen MR) is 93.4 cm³/mol. The first-order chi connectivity index (χ1) is 11.7. The molecule has 1 aromatic heterocycles. The van der Waals surface area contributed by atoms with Crippen molar-refractivity contribution in [2.75, 3.05) is 6.26 Å². The molecule has 134 valence electrons. The van der Waals surface area contributed by atoms with Crippen molar-refractivity contribution >= 4 is 23.8 Å². The van der Waals surface area contributed by atoms with Crippen LogP contribution in [0, 0.1) is 0 Å². The Morgan fingerprint density at radius 1 is 1.28 bits per heavy atom. The summed E-state index contributed by atoms with van der Waals surface area (Å²) in [4.78, 5) is 16.8. The summed E-state index contributed by atoms with van der Waals surface area (Å²) in [6, 6.07) is 6.08. The molecule has 2 rings (SSSR count). The number of thioether (sulfide) groups is 1. The zero-order chi connectivity index (χ0) is 18.6. The van der Waals surface area contributed by atoms with Gasteiger partial charge in [-0.1, -0.05) is 44.7 Å². The van der Waals surface area contributed by atoms with Gasteiger partial charge >= 0.3 is 6.61 Å². The van der Waals surface area contributed by atoms with Crippen LogP contribution in [-0.4, -0.2) is 34.0 Å². The number of para-hydroxylation sites is 2. The first-order valence-corrected chi connectivity index (χ1v) is 8.58. The normalized spacial score (nSPS) is 12.1. The molecule has 0 bridgehead atoms. The third-order valence-corrected chi connectivity index (χ3v) is 3.79. The van der Waals surface area contributed by atoms with Crippen LogP contribution < -0.4 is 10.3 Å². The third kappa shape index (κ3) is 4.62. The quantitative estimate of drug-likeness (QED) is 0.459. The van der Waals surface area contributed by atoms with E-state index in [4.69, 9.17) is 0 Å². The zero-order valence-corrected chi connectivity index (χ0v) is 15.1. The summed E-state index contributed by atoms with van der Waals surface area (Å²) >= 11 is 1.23. The van der Waals surface area contributed by atoms with Gasteiger partial charge in [0.25, 0.3) is 5.56 Å². The van der Waals surface area contributed by atoms with Gasteiger partial charge in [-0.3, -0.25) is 4.79 Å². The topological polar surface area (TPSA) is 69.4 Å². The van der Waals surface area contributed by atoms with Gasteiger partial charge in [-0.25, -0.2) is 9.56 Å². The molecule has 9 heteroatoms. The fourth-order valence-electron chi connectivity index (χ4n) is 1.98. The summed E-state index contributed by atoms with van der Waals surface area (Å²) in [5.74, 6) is -0.0782. The molecule has 0 saturated heterocycles. The van der Waals surface area contributed by atoms with E-state index >= 15 is 0 Å². The van der Waals surface area contributed by atoms with E-state index in [9.17, 15) is 13.6 Å². The Hall–Kier alpha value is -2.29. The molecule has 0 aliphatic heterocycles. The van der Waals surface area contributed by atoms with Crippen molar-refractivity contribution in [3.63, 3.8) is 0 Å². The molecule has 0 spiro atoms. The Balaban J connectivity index is 2.50. The van der Waals surface area contributed by atoms with E-state index in [-0.39, 0.29) is 22.7 Å². The van der Waals surface area contributed by atoms with Gasteiger partial charge in [-0.15, -0.1) is 10.2 Å². The fourth-order valence-corrected chi connectivity index (χ4v) is 2.43. The number of hydrogen-bond donors (Lipinski definition) is 0. The second-order valence-electron chi connectivity index (χ2n) is 6.05. The molecular formula is C16H18F2N4O2S. The number of nitrogens with zero attached hydrogens (tertiary/aromatic N) is 4. The summed E-state index contributed by atoms with van der Waals surface area (Å²) in [6.07, 6.45) is 2.99. The molecule has 2 aromatic rings. The van der Waals surface area contributed by atoms with Gasteiger partial charge in [0.05, 0.1) is 0 Å². The number of benzene rings is 1. The van der Waals surface area contributed by atoms with Gasteiger partial charge < -0.3 is 4.74 Å². The molecular weight excluding hydrogens is 350 g/mol. The Morgan fingerprint density at radius 3 is 2.56 bits per heavy atom. The van der Waals surface area contributed by atoms with Gasteiger partial charge in [0.2, 0.25) is 0 Å². The van der Waals surface area contributed by atoms with Crippen molar-refractivity contribution in [2.24, 2.45) is 4.99 Å². The largest absolute Gasteiger partial charge is 0.433 e. The van der Waals surface area contributed by atoms with Crippen LogP contribution in [-0.2, 0) is 5.41 Å². The van der Waals surface area contributed by atoms with Gasteiger partial charge in [0, 0.05) is 5.41 Å². The maximum absolute atomic E-state index is 12.7. The molecule has 0 aliphatic rings. The molecule has 0 N–H and O–H groups in total. The fraction of sp³-hybridized carbons (Fsp3) is 0.375. The van der Waals surface area contributed by atoms with Gasteiger partial charge in [-0.05, 0) is 18.4 Å². The van der Waals surface area contributed by atoms with E-state index < -0.39 is 12.0 Å². The molecule has 0 radical (unpaired) electrons. The SMILES string of the molecule is CSc1nnc(C(C)(C)C)c(=O)n1C=Nc1ccccc1OC(F)F. The minimum atomic E-state index is -2.96. The van der Waals surface area contributed by atoms with Crippen LogP contribution in [0.1, 0.15) is 26.5 Å². The smallest absolute Gasteiger partial charge is 0.387 e. The number of ether oxygens (including phenoxy) is 1. The van der Waals surface area contributed by atoms with E-state index in [1.807, 2.05) is 20.8 Å². The monoisotopic (exact) mass is 368 g/mol. The van der Waals surface area contributed by atoms with Crippen LogP contribution in [0.15, 0.2) is 39.2 Å². The highest BCUT2D eigenvalue weighted by atomic mass is 32.2. The van der Waals surface area contributed by atoms with Gasteiger partial charge in [0.15, 0.2) is 10.9 Å². The number of rotatable bonds is 5. The van der Waals surface area contributed by atoms with E-state index in [1.54, 1.807) is 18.4 Å². The Bertz CT molecular complexity index is 832. The lowest BCUT2D eigenvalue weighted by Gasteiger charge is -2.17. The maximum atomic E-state index is 12.7. The van der Waals surface area contributed by atoms with Crippen molar-refractivity contribution in [1.82, 2.24) is 14.8 Å². The molecule has 1 heterocycles. The Kier molecular flexibility index (Phi) is 5.89. The summed E-state index contributed by atoms with van der Waals surface area (Å²) in [5.41, 5.74) is -0.388. The highest BCUT2D eigenvalue weighted by Crippen LogP contribution is 2.28. The standard InChI is InChI=1S/C16H18F2N4O2S/c1-16(2,3)12-13(23)22(15(25-4)21-20-12)9-19-10-7-5-6-8-11(10)24-14(17)18/h5-9,14H,1-4H3. The molecule has 0 amide bonds. The van der Waals surface area contributed by atoms with Crippen LogP contribution >= 0.6 is 11.8 Å². The lowest BCUT2D eigenvalue weighted by Crippen LogP contribution is -2.34. The number of halogens is 2. The van der Waals surface area contributed by atoms with E-state index in [1.165, 1.54) is 34.8 Å². The van der Waals surface area contributed by atoms with Crippen molar-refractivity contribution in [3.8, 4) is 5.75 Å². The third-order valence-electron chi connectivity index (χ3n) is 3.15. The first-order valence-electron chi connectivity index (χ1n) is 7.35. The molecule has 0 fully saturated rings. The lowest BCUT2D eigenvalue weighted by molar-refractivity contribution is -0.0494. The number of hydrogen-bond acceptors (Lipinski definition) is 6. The van der Waals surface area contributed by atoms with Crippen molar-refractivity contribution in [2.45, 2.75) is 38.0 Å². The maximum Gasteiger partial charge on any atom is 0.387 e. The highest BCUT2D eigenvalue weighted by molar-refractivity contribution is 7.98. The summed E-state index contributed by atoms with van der Waals surface area (Å²) in [6.45, 7) is 2.59. The zero-order valence-electron chi connectivity index (χ0n) is 14.2. The van der Waals surface area contributed by atoms with Gasteiger partial charge in [-0.2, -0.15) is 8.78 Å². The number of aromatic nitrogens is 3. The molecule has 0 saturated carbocycles. The first kappa shape index (κ1) is 19.0. The average Bonchev–Trinajstić information content (AvgIpc) is 2.53.